The van der Waals surface area contributed by atoms with Gasteiger partial charge in [0.15, 0.2) is 0 Å². The molecule has 8 heteroatoms. The van der Waals surface area contributed by atoms with Crippen LogP contribution in [0.2, 0.25) is 0 Å². The van der Waals surface area contributed by atoms with Crippen molar-refractivity contribution in [3.8, 4) is 11.4 Å². The predicted molar refractivity (Wildman–Crippen MR) is 203 cm³/mol. The zero-order valence-electron chi connectivity index (χ0n) is 30.1. The Kier molecular flexibility index (Phi) is 7.67. The van der Waals surface area contributed by atoms with Crippen molar-refractivity contribution >= 4 is 43.6 Å². The third-order valence-corrected chi connectivity index (χ3v) is 10.7. The Bertz CT molecular complexity index is 2550. The Balaban J connectivity index is 1.32. The highest BCUT2D eigenvalue weighted by atomic mass is 19.4. The highest BCUT2D eigenvalue weighted by Crippen LogP contribution is 2.56. The van der Waals surface area contributed by atoms with Crippen molar-refractivity contribution in [2.45, 2.75) is 59.3 Å². The van der Waals surface area contributed by atoms with E-state index < -0.39 is 28.9 Å². The Labute approximate surface area is 302 Å². The summed E-state index contributed by atoms with van der Waals surface area (Å²) in [7, 11) is 0. The lowest BCUT2D eigenvalue weighted by Crippen LogP contribution is -2.54. The number of benzene rings is 6. The number of hydrogen-bond donors (Lipinski definition) is 0. The summed E-state index contributed by atoms with van der Waals surface area (Å²) in [4.78, 5) is 0. The zero-order valence-corrected chi connectivity index (χ0v) is 30.1. The van der Waals surface area contributed by atoms with E-state index in [0.29, 0.717) is 11.4 Å². The quantitative estimate of drug-likeness (QED) is 0.160. The first-order valence-electron chi connectivity index (χ1n) is 17.4. The summed E-state index contributed by atoms with van der Waals surface area (Å²) in [5.41, 5.74) is 4.12. The van der Waals surface area contributed by atoms with Crippen molar-refractivity contribution in [1.82, 2.24) is 9.13 Å². The maximum absolute atomic E-state index is 15.4. The van der Waals surface area contributed by atoms with E-state index in [1.165, 1.54) is 24.3 Å². The highest BCUT2D eigenvalue weighted by molar-refractivity contribution is 6.12. The molecule has 2 nitrogen and oxygen atoms in total. The molecule has 53 heavy (non-hydrogen) atoms. The van der Waals surface area contributed by atoms with Crippen LogP contribution in [0.4, 0.5) is 26.3 Å². The minimum Gasteiger partial charge on any atom is -0.309 e. The number of nitrogens with zero attached hydrogens (tertiary/aromatic N) is 2. The van der Waals surface area contributed by atoms with Gasteiger partial charge in [-0.3, -0.25) is 0 Å². The molecule has 0 fully saturated rings. The van der Waals surface area contributed by atoms with E-state index in [1.807, 2.05) is 99.2 Å². The molecular weight excluding hydrogens is 682 g/mol. The number of halogens is 6. The van der Waals surface area contributed by atoms with Crippen LogP contribution < -0.4 is 0 Å². The first-order valence-corrected chi connectivity index (χ1v) is 17.4. The van der Waals surface area contributed by atoms with E-state index in [1.54, 1.807) is 0 Å². The van der Waals surface area contributed by atoms with Gasteiger partial charge >= 0.3 is 12.4 Å². The van der Waals surface area contributed by atoms with Crippen LogP contribution in [0, 0.1) is 41.5 Å². The van der Waals surface area contributed by atoms with Crippen molar-refractivity contribution in [2.75, 3.05) is 0 Å². The molecule has 0 bridgehead atoms. The SMILES string of the molecule is Cc1ccc2c3c(C)cc(C)cc3n(-c3ccc(C(c4ccc(-n5c6cc(C)ccc6c6c(C)cc(C)cc65)cc4)(C(F)(F)F)C(F)(F)F)cc3)c2c1. The molecule has 0 aliphatic rings. The topological polar surface area (TPSA) is 9.86 Å². The fourth-order valence-corrected chi connectivity index (χ4v) is 8.54. The third-order valence-electron chi connectivity index (χ3n) is 10.7. The number of fused-ring (bicyclic) bond motifs is 6. The first-order chi connectivity index (χ1) is 25.0. The standard InChI is InChI=1S/C45H36F6N2/c1-25-7-17-35-37(21-25)52(39-23-27(3)19-29(5)41(35)39)33-13-9-31(10-14-33)43(44(46,47)48,45(49,50)51)32-11-15-34(16-12-32)53-38-22-26(2)8-18-36(38)42-30(6)20-28(4)24-40(42)53/h7-24H,1-6H3. The van der Waals surface area contributed by atoms with Crippen LogP contribution in [-0.4, -0.2) is 21.5 Å². The summed E-state index contributed by atoms with van der Waals surface area (Å²) in [5.74, 6) is 0. The number of hydrogen-bond acceptors (Lipinski definition) is 0. The molecule has 6 aromatic carbocycles. The number of aryl methyl sites for hydroxylation is 6. The molecule has 8 rings (SSSR count). The summed E-state index contributed by atoms with van der Waals surface area (Å²) in [6.07, 6.45) is -11.4. The second-order valence-corrected chi connectivity index (χ2v) is 14.5. The van der Waals surface area contributed by atoms with Crippen molar-refractivity contribution in [2.24, 2.45) is 0 Å². The zero-order chi connectivity index (χ0) is 37.8. The van der Waals surface area contributed by atoms with Crippen molar-refractivity contribution in [3.05, 3.63) is 154 Å². The summed E-state index contributed by atoms with van der Waals surface area (Å²) in [5, 5.41) is 3.88. The van der Waals surface area contributed by atoms with Gasteiger partial charge in [0, 0.05) is 32.9 Å². The van der Waals surface area contributed by atoms with Crippen LogP contribution >= 0.6 is 0 Å². The molecule has 0 N–H and O–H groups in total. The third kappa shape index (κ3) is 5.09. The maximum atomic E-state index is 15.4. The van der Waals surface area contributed by atoms with Gasteiger partial charge in [-0.05, 0) is 135 Å². The summed E-state index contributed by atoms with van der Waals surface area (Å²) in [6.45, 7) is 11.8. The van der Waals surface area contributed by atoms with Gasteiger partial charge in [0.25, 0.3) is 0 Å². The minimum atomic E-state index is -5.72. The van der Waals surface area contributed by atoms with E-state index in [4.69, 9.17) is 0 Å². The lowest BCUT2D eigenvalue weighted by atomic mass is 9.73. The molecule has 268 valence electrons. The van der Waals surface area contributed by atoms with Gasteiger partial charge in [-0.2, -0.15) is 26.3 Å². The van der Waals surface area contributed by atoms with Gasteiger partial charge in [0.1, 0.15) is 0 Å². The van der Waals surface area contributed by atoms with Crippen LogP contribution in [-0.2, 0) is 5.41 Å². The monoisotopic (exact) mass is 718 g/mol. The number of rotatable bonds is 4. The van der Waals surface area contributed by atoms with Crippen LogP contribution in [0.25, 0.3) is 55.0 Å². The average Bonchev–Trinajstić information content (AvgIpc) is 3.56. The first kappa shape index (κ1) is 34.6. The fraction of sp³-hybridized carbons (Fsp3) is 0.200. The molecule has 0 aliphatic carbocycles. The van der Waals surface area contributed by atoms with Gasteiger partial charge in [-0.1, -0.05) is 60.7 Å². The average molecular weight is 719 g/mol. The Morgan fingerprint density at radius 1 is 0.377 bits per heavy atom. The molecule has 0 unspecified atom stereocenters. The van der Waals surface area contributed by atoms with E-state index >= 15 is 26.3 Å². The second kappa shape index (κ2) is 11.8. The molecule has 0 saturated heterocycles. The molecule has 0 aliphatic heterocycles. The molecule has 0 saturated carbocycles. The maximum Gasteiger partial charge on any atom is 0.411 e. The molecule has 0 atom stereocenters. The summed E-state index contributed by atoms with van der Waals surface area (Å²) in [6, 6.07) is 29.4. The van der Waals surface area contributed by atoms with Crippen LogP contribution in [0.5, 0.6) is 0 Å². The molecular formula is C45H36F6N2. The van der Waals surface area contributed by atoms with E-state index in [9.17, 15) is 0 Å². The van der Waals surface area contributed by atoms with Crippen LogP contribution in [0.1, 0.15) is 44.5 Å². The predicted octanol–water partition coefficient (Wildman–Crippen LogP) is 13.1. The molecule has 0 radical (unpaired) electrons. The van der Waals surface area contributed by atoms with Crippen molar-refractivity contribution in [3.63, 3.8) is 0 Å². The molecule has 2 aromatic heterocycles. The van der Waals surface area contributed by atoms with Gasteiger partial charge in [0.2, 0.25) is 5.41 Å². The molecule has 8 aromatic rings. The second-order valence-electron chi connectivity index (χ2n) is 14.5. The Morgan fingerprint density at radius 2 is 0.717 bits per heavy atom. The lowest BCUT2D eigenvalue weighted by molar-refractivity contribution is -0.288. The summed E-state index contributed by atoms with van der Waals surface area (Å²) >= 11 is 0. The fourth-order valence-electron chi connectivity index (χ4n) is 8.54. The smallest absolute Gasteiger partial charge is 0.309 e. The Morgan fingerprint density at radius 3 is 1.06 bits per heavy atom. The van der Waals surface area contributed by atoms with Gasteiger partial charge < -0.3 is 9.13 Å². The van der Waals surface area contributed by atoms with Gasteiger partial charge in [0.05, 0.1) is 22.1 Å². The number of aromatic nitrogens is 2. The van der Waals surface area contributed by atoms with Crippen molar-refractivity contribution in [1.29, 1.82) is 0 Å². The van der Waals surface area contributed by atoms with Gasteiger partial charge in [-0.25, -0.2) is 0 Å². The van der Waals surface area contributed by atoms with Crippen LogP contribution in [0.3, 0.4) is 0 Å². The normalized spacial score (nSPS) is 12.9. The van der Waals surface area contributed by atoms with Crippen molar-refractivity contribution < 1.29 is 26.3 Å². The van der Waals surface area contributed by atoms with Gasteiger partial charge in [-0.15, -0.1) is 0 Å². The minimum absolute atomic E-state index is 0.463. The largest absolute Gasteiger partial charge is 0.411 e. The van der Waals surface area contributed by atoms with Crippen LogP contribution in [0.15, 0.2) is 109 Å². The van der Waals surface area contributed by atoms with E-state index in [2.05, 4.69) is 12.1 Å². The highest BCUT2D eigenvalue weighted by Gasteiger charge is 2.72. The Hall–Kier alpha value is -5.50. The van der Waals surface area contributed by atoms with E-state index in [-0.39, 0.29) is 0 Å². The molecule has 2 heterocycles. The molecule has 0 amide bonds. The molecule has 0 spiro atoms. The number of alkyl halides is 6. The summed E-state index contributed by atoms with van der Waals surface area (Å²) < 4.78 is 96.0. The van der Waals surface area contributed by atoms with E-state index in [0.717, 1.165) is 101 Å². The lowest BCUT2D eigenvalue weighted by Gasteiger charge is -2.38.